The van der Waals surface area contributed by atoms with E-state index in [9.17, 15) is 14.0 Å². The zero-order chi connectivity index (χ0) is 17.0. The number of amides is 2. The summed E-state index contributed by atoms with van der Waals surface area (Å²) in [6.07, 6.45) is 1.37. The maximum Gasteiger partial charge on any atom is 0.255 e. The number of carbonyl (C=O) groups is 2. The van der Waals surface area contributed by atoms with Crippen molar-refractivity contribution in [2.45, 2.75) is 13.8 Å². The molecule has 0 spiro atoms. The minimum Gasteiger partial charge on any atom is -0.508 e. The van der Waals surface area contributed by atoms with E-state index in [0.717, 1.165) is 6.07 Å². The molecule has 6 nitrogen and oxygen atoms in total. The van der Waals surface area contributed by atoms with Gasteiger partial charge in [0.1, 0.15) is 17.4 Å². The van der Waals surface area contributed by atoms with E-state index in [1.807, 2.05) is 0 Å². The molecule has 0 radical (unpaired) electrons. The molecular weight excluding hydrogens is 301 g/mol. The van der Waals surface area contributed by atoms with E-state index in [1.54, 1.807) is 13.8 Å². The van der Waals surface area contributed by atoms with Gasteiger partial charge in [-0.25, -0.2) is 9.37 Å². The van der Waals surface area contributed by atoms with Crippen LogP contribution in [0.3, 0.4) is 0 Å². The van der Waals surface area contributed by atoms with E-state index >= 15 is 0 Å². The lowest BCUT2D eigenvalue weighted by molar-refractivity contribution is -0.118. The molecule has 0 fully saturated rings. The van der Waals surface area contributed by atoms with Crippen molar-refractivity contribution < 1.29 is 19.1 Å². The second-order valence-electron chi connectivity index (χ2n) is 5.19. The van der Waals surface area contributed by atoms with E-state index in [1.165, 1.54) is 30.5 Å². The summed E-state index contributed by atoms with van der Waals surface area (Å²) in [5.41, 5.74) is 0.156. The number of anilines is 2. The Bertz CT molecular complexity index is 747. The third-order valence-electron chi connectivity index (χ3n) is 3.00. The quantitative estimate of drug-likeness (QED) is 0.756. The number of rotatable bonds is 4. The number of aromatic nitrogens is 1. The fourth-order valence-electron chi connectivity index (χ4n) is 1.71. The van der Waals surface area contributed by atoms with Gasteiger partial charge in [-0.2, -0.15) is 0 Å². The number of hydrogen-bond donors (Lipinski definition) is 3. The summed E-state index contributed by atoms with van der Waals surface area (Å²) in [6, 6.07) is 6.26. The van der Waals surface area contributed by atoms with Crippen molar-refractivity contribution in [1.29, 1.82) is 0 Å². The molecule has 0 aliphatic heterocycles. The largest absolute Gasteiger partial charge is 0.508 e. The lowest BCUT2D eigenvalue weighted by Crippen LogP contribution is -2.19. The number of benzene rings is 1. The lowest BCUT2D eigenvalue weighted by atomic mass is 10.2. The van der Waals surface area contributed by atoms with Crippen LogP contribution in [-0.2, 0) is 4.79 Å². The standard InChI is InChI=1S/C16H16FN3O3/c1-9(2)15(22)20-14-7-10(5-6-18-14)16(23)19-13-4-3-11(21)8-12(13)17/h3-9,21H,1-2H3,(H,19,23)(H,18,20,22). The van der Waals surface area contributed by atoms with E-state index in [4.69, 9.17) is 5.11 Å². The van der Waals surface area contributed by atoms with Gasteiger partial charge in [0.15, 0.2) is 0 Å². The molecule has 2 amide bonds. The Morgan fingerprint density at radius 1 is 1.17 bits per heavy atom. The summed E-state index contributed by atoms with van der Waals surface area (Å²) in [7, 11) is 0. The van der Waals surface area contributed by atoms with Gasteiger partial charge in [-0.15, -0.1) is 0 Å². The number of aromatic hydroxyl groups is 1. The van der Waals surface area contributed by atoms with E-state index < -0.39 is 11.7 Å². The molecule has 0 saturated carbocycles. The first-order valence-corrected chi connectivity index (χ1v) is 6.93. The van der Waals surface area contributed by atoms with Crippen molar-refractivity contribution in [3.8, 4) is 5.75 Å². The molecule has 0 bridgehead atoms. The van der Waals surface area contributed by atoms with Crippen LogP contribution in [0.15, 0.2) is 36.5 Å². The monoisotopic (exact) mass is 317 g/mol. The third-order valence-corrected chi connectivity index (χ3v) is 3.00. The Labute approximate surface area is 132 Å². The smallest absolute Gasteiger partial charge is 0.255 e. The predicted molar refractivity (Wildman–Crippen MR) is 83.7 cm³/mol. The first-order chi connectivity index (χ1) is 10.9. The first-order valence-electron chi connectivity index (χ1n) is 6.93. The third kappa shape index (κ3) is 4.26. The van der Waals surface area contributed by atoms with Crippen LogP contribution < -0.4 is 10.6 Å². The van der Waals surface area contributed by atoms with Crippen molar-refractivity contribution >= 4 is 23.3 Å². The van der Waals surface area contributed by atoms with Crippen LogP contribution in [0.1, 0.15) is 24.2 Å². The highest BCUT2D eigenvalue weighted by molar-refractivity contribution is 6.05. The molecule has 1 aromatic carbocycles. The highest BCUT2D eigenvalue weighted by Crippen LogP contribution is 2.20. The highest BCUT2D eigenvalue weighted by atomic mass is 19.1. The molecule has 3 N–H and O–H groups in total. The summed E-state index contributed by atoms with van der Waals surface area (Å²) in [4.78, 5) is 27.7. The molecule has 23 heavy (non-hydrogen) atoms. The zero-order valence-corrected chi connectivity index (χ0v) is 12.6. The lowest BCUT2D eigenvalue weighted by Gasteiger charge is -2.09. The topological polar surface area (TPSA) is 91.3 Å². The molecule has 0 aliphatic carbocycles. The van der Waals surface area contributed by atoms with Gasteiger partial charge in [0, 0.05) is 23.7 Å². The number of phenolic OH excluding ortho intramolecular Hbond substituents is 1. The molecule has 0 aliphatic rings. The Morgan fingerprint density at radius 2 is 1.91 bits per heavy atom. The Balaban J connectivity index is 2.15. The maximum atomic E-state index is 13.6. The number of pyridine rings is 1. The maximum absolute atomic E-state index is 13.6. The van der Waals surface area contributed by atoms with E-state index in [2.05, 4.69) is 15.6 Å². The van der Waals surface area contributed by atoms with Gasteiger partial charge in [0.05, 0.1) is 5.69 Å². The van der Waals surface area contributed by atoms with Gasteiger partial charge in [0.2, 0.25) is 5.91 Å². The predicted octanol–water partition coefficient (Wildman–Crippen LogP) is 2.77. The number of hydrogen-bond acceptors (Lipinski definition) is 4. The summed E-state index contributed by atoms with van der Waals surface area (Å²) >= 11 is 0. The van der Waals surface area contributed by atoms with Crippen molar-refractivity contribution in [1.82, 2.24) is 4.98 Å². The molecular formula is C16H16FN3O3. The summed E-state index contributed by atoms with van der Waals surface area (Å²) in [6.45, 7) is 3.47. The minimum absolute atomic E-state index is 0.0580. The summed E-state index contributed by atoms with van der Waals surface area (Å²) < 4.78 is 13.6. The Morgan fingerprint density at radius 3 is 2.57 bits per heavy atom. The fraction of sp³-hybridized carbons (Fsp3) is 0.188. The van der Waals surface area contributed by atoms with Gasteiger partial charge in [-0.05, 0) is 24.3 Å². The molecule has 0 saturated heterocycles. The van der Waals surface area contributed by atoms with Crippen LogP contribution in [0.4, 0.5) is 15.9 Å². The van der Waals surface area contributed by atoms with Crippen LogP contribution >= 0.6 is 0 Å². The van der Waals surface area contributed by atoms with E-state index in [-0.39, 0.29) is 34.6 Å². The minimum atomic E-state index is -0.749. The highest BCUT2D eigenvalue weighted by Gasteiger charge is 2.13. The van der Waals surface area contributed by atoms with Gasteiger partial charge >= 0.3 is 0 Å². The molecule has 1 aromatic heterocycles. The Kier molecular flexibility index (Phi) is 4.90. The molecule has 0 unspecified atom stereocenters. The first kappa shape index (κ1) is 16.4. The van der Waals surface area contributed by atoms with Crippen LogP contribution in [0.25, 0.3) is 0 Å². The van der Waals surface area contributed by atoms with Gasteiger partial charge in [-0.1, -0.05) is 13.8 Å². The number of nitrogens with zero attached hydrogens (tertiary/aromatic N) is 1. The van der Waals surface area contributed by atoms with Gasteiger partial charge in [-0.3, -0.25) is 9.59 Å². The van der Waals surface area contributed by atoms with Crippen molar-refractivity contribution in [3.63, 3.8) is 0 Å². The van der Waals surface area contributed by atoms with Crippen molar-refractivity contribution in [3.05, 3.63) is 47.9 Å². The van der Waals surface area contributed by atoms with Gasteiger partial charge in [0.25, 0.3) is 5.91 Å². The van der Waals surface area contributed by atoms with Crippen molar-refractivity contribution in [2.75, 3.05) is 10.6 Å². The van der Waals surface area contributed by atoms with Crippen molar-refractivity contribution in [2.24, 2.45) is 5.92 Å². The number of phenols is 1. The summed E-state index contributed by atoms with van der Waals surface area (Å²) in [5.74, 6) is -1.75. The average Bonchev–Trinajstić information content (AvgIpc) is 2.50. The molecule has 120 valence electrons. The molecule has 2 rings (SSSR count). The number of halogens is 1. The SMILES string of the molecule is CC(C)C(=O)Nc1cc(C(=O)Nc2ccc(O)cc2F)ccn1. The molecule has 0 atom stereocenters. The van der Waals surface area contributed by atoms with Crippen LogP contribution in [0, 0.1) is 11.7 Å². The van der Waals surface area contributed by atoms with Gasteiger partial charge < -0.3 is 15.7 Å². The molecule has 2 aromatic rings. The normalized spacial score (nSPS) is 10.4. The fourth-order valence-corrected chi connectivity index (χ4v) is 1.71. The van der Waals surface area contributed by atoms with Crippen LogP contribution in [-0.4, -0.2) is 21.9 Å². The van der Waals surface area contributed by atoms with Crippen LogP contribution in [0.2, 0.25) is 0 Å². The van der Waals surface area contributed by atoms with Crippen LogP contribution in [0.5, 0.6) is 5.75 Å². The van der Waals surface area contributed by atoms with E-state index in [0.29, 0.717) is 0 Å². The molecule has 7 heteroatoms. The molecule has 1 heterocycles. The zero-order valence-electron chi connectivity index (χ0n) is 12.6. The summed E-state index contributed by atoms with van der Waals surface area (Å²) in [5, 5.41) is 14.1. The second-order valence-corrected chi connectivity index (χ2v) is 5.19. The average molecular weight is 317 g/mol. The second kappa shape index (κ2) is 6.87. The number of carbonyl (C=O) groups excluding carboxylic acids is 2. The number of nitrogens with one attached hydrogen (secondary N) is 2. The Hall–Kier alpha value is -2.96.